The van der Waals surface area contributed by atoms with Crippen LogP contribution in [0.3, 0.4) is 0 Å². The summed E-state index contributed by atoms with van der Waals surface area (Å²) < 4.78 is 1.03. The van der Waals surface area contributed by atoms with Crippen molar-refractivity contribution < 1.29 is 4.79 Å². The second-order valence-electron chi connectivity index (χ2n) is 4.59. The second kappa shape index (κ2) is 4.88. The van der Waals surface area contributed by atoms with Crippen molar-refractivity contribution in [2.24, 2.45) is 0 Å². The highest BCUT2D eigenvalue weighted by atomic mass is 32.1. The van der Waals surface area contributed by atoms with Crippen LogP contribution in [-0.2, 0) is 0 Å². The number of hydrogen-bond donors (Lipinski definition) is 2. The van der Waals surface area contributed by atoms with Gasteiger partial charge in [0, 0.05) is 15.5 Å². The topological polar surface area (TPSA) is 68.0 Å². The summed E-state index contributed by atoms with van der Waals surface area (Å²) in [6, 6.07) is 6.00. The lowest BCUT2D eigenvalue weighted by atomic mass is 10.1. The Morgan fingerprint density at radius 1 is 1.35 bits per heavy atom. The fraction of sp³-hybridized carbons (Fsp3) is 0.143. The average molecular weight is 303 g/mol. The van der Waals surface area contributed by atoms with E-state index >= 15 is 0 Å². The molecule has 3 N–H and O–H groups in total. The maximum atomic E-state index is 12.3. The lowest BCUT2D eigenvalue weighted by Crippen LogP contribution is -2.11. The Labute approximate surface area is 124 Å². The SMILES string of the molecule is Cc1ccc2c(N)c(C(=O)Nc3nc(C)cs3)sc2c1. The highest BCUT2D eigenvalue weighted by molar-refractivity contribution is 7.21. The zero-order chi connectivity index (χ0) is 14.3. The molecule has 0 atom stereocenters. The van der Waals surface area contributed by atoms with E-state index in [0.29, 0.717) is 15.7 Å². The lowest BCUT2D eigenvalue weighted by molar-refractivity contribution is 0.103. The molecule has 2 heterocycles. The fourth-order valence-corrected chi connectivity index (χ4v) is 3.76. The predicted octanol–water partition coefficient (Wildman–Crippen LogP) is 3.81. The zero-order valence-corrected chi connectivity index (χ0v) is 12.7. The summed E-state index contributed by atoms with van der Waals surface area (Å²) in [4.78, 5) is 17.0. The molecule has 0 fully saturated rings. The molecule has 4 nitrogen and oxygen atoms in total. The molecule has 0 aliphatic heterocycles. The number of aromatic nitrogens is 1. The monoisotopic (exact) mass is 303 g/mol. The van der Waals surface area contributed by atoms with Crippen molar-refractivity contribution in [1.82, 2.24) is 4.98 Å². The number of fused-ring (bicyclic) bond motifs is 1. The largest absolute Gasteiger partial charge is 0.397 e. The van der Waals surface area contributed by atoms with Crippen molar-refractivity contribution in [3.63, 3.8) is 0 Å². The van der Waals surface area contributed by atoms with Gasteiger partial charge in [0.15, 0.2) is 5.13 Å². The molecule has 102 valence electrons. The number of aryl methyl sites for hydroxylation is 2. The Bertz CT molecular complexity index is 804. The van der Waals surface area contributed by atoms with Gasteiger partial charge in [0.1, 0.15) is 4.88 Å². The smallest absolute Gasteiger partial charge is 0.269 e. The van der Waals surface area contributed by atoms with Gasteiger partial charge in [0.05, 0.1) is 11.4 Å². The number of anilines is 2. The first-order valence-electron chi connectivity index (χ1n) is 6.06. The molecular formula is C14H13N3OS2. The molecule has 0 aliphatic rings. The van der Waals surface area contributed by atoms with E-state index in [-0.39, 0.29) is 5.91 Å². The summed E-state index contributed by atoms with van der Waals surface area (Å²) >= 11 is 2.82. The van der Waals surface area contributed by atoms with Crippen LogP contribution in [0.4, 0.5) is 10.8 Å². The van der Waals surface area contributed by atoms with Gasteiger partial charge in [-0.25, -0.2) is 4.98 Å². The van der Waals surface area contributed by atoms with Gasteiger partial charge in [0.25, 0.3) is 5.91 Å². The fourth-order valence-electron chi connectivity index (χ4n) is 1.96. The van der Waals surface area contributed by atoms with Gasteiger partial charge in [-0.15, -0.1) is 22.7 Å². The summed E-state index contributed by atoms with van der Waals surface area (Å²) in [5, 5.41) is 6.22. The van der Waals surface area contributed by atoms with Crippen LogP contribution in [0, 0.1) is 13.8 Å². The van der Waals surface area contributed by atoms with Crippen LogP contribution in [0.15, 0.2) is 23.6 Å². The zero-order valence-electron chi connectivity index (χ0n) is 11.1. The molecule has 1 aromatic carbocycles. The van der Waals surface area contributed by atoms with Crippen molar-refractivity contribution >= 4 is 49.5 Å². The Hall–Kier alpha value is -1.92. The van der Waals surface area contributed by atoms with E-state index in [0.717, 1.165) is 21.3 Å². The molecule has 0 spiro atoms. The quantitative estimate of drug-likeness (QED) is 0.756. The predicted molar refractivity (Wildman–Crippen MR) is 85.8 cm³/mol. The number of nitrogens with zero attached hydrogens (tertiary/aromatic N) is 1. The average Bonchev–Trinajstić information content (AvgIpc) is 2.94. The standard InChI is InChI=1S/C14H13N3OS2/c1-7-3-4-9-10(5-7)20-12(11(9)15)13(18)17-14-16-8(2)6-19-14/h3-6H,15H2,1-2H3,(H,16,17,18). The minimum Gasteiger partial charge on any atom is -0.397 e. The second-order valence-corrected chi connectivity index (χ2v) is 6.50. The van der Waals surface area contributed by atoms with Gasteiger partial charge in [-0.05, 0) is 25.5 Å². The Morgan fingerprint density at radius 3 is 2.85 bits per heavy atom. The minimum atomic E-state index is -0.198. The molecule has 6 heteroatoms. The number of amides is 1. The number of nitrogens with one attached hydrogen (secondary N) is 1. The third kappa shape index (κ3) is 2.28. The molecule has 0 unspecified atom stereocenters. The van der Waals surface area contributed by atoms with E-state index in [4.69, 9.17) is 5.73 Å². The van der Waals surface area contributed by atoms with Crippen LogP contribution in [0.5, 0.6) is 0 Å². The van der Waals surface area contributed by atoms with Gasteiger partial charge < -0.3 is 5.73 Å². The molecule has 1 amide bonds. The Balaban J connectivity index is 1.97. The van der Waals surface area contributed by atoms with Crippen molar-refractivity contribution in [2.45, 2.75) is 13.8 Å². The van der Waals surface area contributed by atoms with E-state index in [1.54, 1.807) is 0 Å². The van der Waals surface area contributed by atoms with Crippen molar-refractivity contribution in [1.29, 1.82) is 0 Å². The highest BCUT2D eigenvalue weighted by Crippen LogP contribution is 2.34. The van der Waals surface area contributed by atoms with E-state index in [9.17, 15) is 4.79 Å². The van der Waals surface area contributed by atoms with E-state index in [1.165, 1.54) is 22.7 Å². The summed E-state index contributed by atoms with van der Waals surface area (Å²) in [5.74, 6) is -0.198. The molecule has 0 saturated carbocycles. The molecule has 20 heavy (non-hydrogen) atoms. The number of nitrogens with two attached hydrogens (primary N) is 1. The first-order chi connectivity index (χ1) is 9.54. The third-order valence-corrected chi connectivity index (χ3v) is 4.97. The maximum Gasteiger partial charge on any atom is 0.269 e. The summed E-state index contributed by atoms with van der Waals surface area (Å²) in [5.41, 5.74) is 8.67. The van der Waals surface area contributed by atoms with Crippen LogP contribution >= 0.6 is 22.7 Å². The van der Waals surface area contributed by atoms with Gasteiger partial charge in [-0.2, -0.15) is 0 Å². The van der Waals surface area contributed by atoms with Gasteiger partial charge in [-0.1, -0.05) is 12.1 Å². The first-order valence-corrected chi connectivity index (χ1v) is 7.76. The number of thiazole rings is 1. The molecule has 2 aromatic heterocycles. The van der Waals surface area contributed by atoms with E-state index < -0.39 is 0 Å². The number of thiophene rings is 1. The van der Waals surface area contributed by atoms with Crippen LogP contribution < -0.4 is 11.1 Å². The molecular weight excluding hydrogens is 290 g/mol. The number of rotatable bonds is 2. The molecule has 3 rings (SSSR count). The summed E-state index contributed by atoms with van der Waals surface area (Å²) in [6.07, 6.45) is 0. The summed E-state index contributed by atoms with van der Waals surface area (Å²) in [6.45, 7) is 3.91. The number of hydrogen-bond acceptors (Lipinski definition) is 5. The number of benzene rings is 1. The number of carbonyl (C=O) groups excluding carboxylic acids is 1. The van der Waals surface area contributed by atoms with E-state index in [2.05, 4.69) is 10.3 Å². The summed E-state index contributed by atoms with van der Waals surface area (Å²) in [7, 11) is 0. The molecule has 0 saturated heterocycles. The van der Waals surface area contributed by atoms with Crippen LogP contribution in [0.1, 0.15) is 20.9 Å². The van der Waals surface area contributed by atoms with Gasteiger partial charge >= 0.3 is 0 Å². The Kier molecular flexibility index (Phi) is 3.19. The van der Waals surface area contributed by atoms with E-state index in [1.807, 2.05) is 37.4 Å². The van der Waals surface area contributed by atoms with Crippen molar-refractivity contribution in [3.05, 3.63) is 39.7 Å². The normalized spacial score (nSPS) is 10.9. The minimum absolute atomic E-state index is 0.198. The Morgan fingerprint density at radius 2 is 2.15 bits per heavy atom. The van der Waals surface area contributed by atoms with Crippen LogP contribution in [0.25, 0.3) is 10.1 Å². The van der Waals surface area contributed by atoms with Gasteiger partial charge in [-0.3, -0.25) is 10.1 Å². The van der Waals surface area contributed by atoms with Crippen LogP contribution in [0.2, 0.25) is 0 Å². The lowest BCUT2D eigenvalue weighted by Gasteiger charge is -1.99. The molecule has 0 bridgehead atoms. The maximum absolute atomic E-state index is 12.3. The first kappa shape index (κ1) is 13.1. The number of nitrogen functional groups attached to an aromatic ring is 1. The van der Waals surface area contributed by atoms with Crippen molar-refractivity contribution in [3.8, 4) is 0 Å². The molecule has 0 aliphatic carbocycles. The third-order valence-electron chi connectivity index (χ3n) is 2.93. The molecule has 3 aromatic rings. The van der Waals surface area contributed by atoms with Crippen LogP contribution in [-0.4, -0.2) is 10.9 Å². The highest BCUT2D eigenvalue weighted by Gasteiger charge is 2.17. The van der Waals surface area contributed by atoms with Gasteiger partial charge in [0.2, 0.25) is 0 Å². The van der Waals surface area contributed by atoms with Crippen molar-refractivity contribution in [2.75, 3.05) is 11.1 Å². The number of carbonyl (C=O) groups is 1. The molecule has 0 radical (unpaired) electrons.